The Labute approximate surface area is 402 Å². The number of nitrogens with zero attached hydrogens (tertiary/aromatic N) is 2. The molecule has 0 spiro atoms. The number of phosphoric ester groups is 2. The lowest BCUT2D eigenvalue weighted by Gasteiger charge is -2.21. The van der Waals surface area contributed by atoms with Crippen molar-refractivity contribution in [2.75, 3.05) is 25.6 Å². The molecule has 7 N–H and O–H groups in total. The van der Waals surface area contributed by atoms with Crippen molar-refractivity contribution >= 4 is 33.4 Å². The summed E-state index contributed by atoms with van der Waals surface area (Å²) < 4.78 is 56.6. The summed E-state index contributed by atoms with van der Waals surface area (Å²) in [4.78, 5) is 61.8. The number of hydrogen-bond acceptors (Lipinski definition) is 16. The smallest absolute Gasteiger partial charge is 0.462 e. The van der Waals surface area contributed by atoms with Gasteiger partial charge in [0.1, 0.15) is 30.7 Å². The number of aliphatic hydroxyl groups is 3. The Kier molecular flexibility index (Phi) is 31.5. The molecule has 1 aromatic heterocycles. The maximum absolute atomic E-state index is 12.8. The van der Waals surface area contributed by atoms with Crippen molar-refractivity contribution in [2.45, 2.75) is 199 Å². The monoisotopic (exact) mass is 1010 g/mol. The second-order valence-electron chi connectivity index (χ2n) is 17.6. The van der Waals surface area contributed by atoms with E-state index in [4.69, 9.17) is 29.0 Å². The third kappa shape index (κ3) is 28.6. The standard InChI is InChI=1S/C47H81N3O16P2/c1-4-5-6-7-13-18-23-28-38(51)29-24-19-16-21-25-30-42(52)61-34-39(64-43(53)31-26-20-15-12-10-8-9-11-14-17-22-27-37(2)3)35-62-67(57,58)66-68(59,60)63-36-40-44(54)45(55)46(65-40)50-33-32-41(48)49-47(50)56/h5-6,13,18,23,28,32-33,37-40,44-46,51,54-55H,4,7-12,14-17,19-22,24-27,29-31,34-36H2,1-3H3,(H,57,58)(H,59,60)(H2,48,49,56)/b6-5+,18-13+,28-23+/t38?,39-,40-,44-,45-,46-/m1/s1. The fourth-order valence-electron chi connectivity index (χ4n) is 7.21. The summed E-state index contributed by atoms with van der Waals surface area (Å²) in [6.45, 7) is 4.21. The molecule has 1 aromatic rings. The number of unbranched alkanes of at least 4 members (excludes halogenated alkanes) is 14. The number of phosphoric acid groups is 2. The van der Waals surface area contributed by atoms with Gasteiger partial charge in [-0.1, -0.05) is 154 Å². The van der Waals surface area contributed by atoms with Gasteiger partial charge in [0.05, 0.1) is 19.3 Å². The van der Waals surface area contributed by atoms with Crippen LogP contribution in [0.2, 0.25) is 0 Å². The third-order valence-corrected chi connectivity index (χ3v) is 13.6. The van der Waals surface area contributed by atoms with E-state index in [1.54, 1.807) is 6.08 Å². The number of esters is 2. The van der Waals surface area contributed by atoms with E-state index < -0.39 is 89.8 Å². The molecule has 21 heteroatoms. The van der Waals surface area contributed by atoms with E-state index >= 15 is 0 Å². The largest absolute Gasteiger partial charge is 0.481 e. The summed E-state index contributed by atoms with van der Waals surface area (Å²) >= 11 is 0. The van der Waals surface area contributed by atoms with E-state index in [0.29, 0.717) is 19.3 Å². The number of aliphatic hydroxyl groups excluding tert-OH is 3. The Balaban J connectivity index is 1.83. The molecule has 0 aliphatic carbocycles. The minimum absolute atomic E-state index is 0.0310. The predicted molar refractivity (Wildman–Crippen MR) is 258 cm³/mol. The molecular formula is C47H81N3O16P2. The van der Waals surface area contributed by atoms with Crippen LogP contribution in [-0.2, 0) is 46.3 Å². The van der Waals surface area contributed by atoms with Gasteiger partial charge in [0.25, 0.3) is 0 Å². The van der Waals surface area contributed by atoms with Gasteiger partial charge in [-0.05, 0) is 44.1 Å². The molecule has 19 nitrogen and oxygen atoms in total. The molecule has 8 atom stereocenters. The SMILES string of the molecule is CC/C=C/C/C=C/C=C/C(O)CCCCCCCC(=O)OC[C@H](COP(=O)(O)OP(=O)(O)OC[C@H]1O[C@@H](n2ccc(N)nc2=O)[C@H](O)[C@@H]1O)OC(=O)CCCCCCCCCCCCCC(C)C. The molecule has 0 bridgehead atoms. The average Bonchev–Trinajstić information content (AvgIpc) is 3.55. The molecule has 0 saturated carbocycles. The molecular weight excluding hydrogens is 924 g/mol. The van der Waals surface area contributed by atoms with Crippen molar-refractivity contribution in [3.05, 3.63) is 59.2 Å². The second kappa shape index (κ2) is 35.1. The number of nitrogen functional groups attached to an aromatic ring is 1. The Hall–Kier alpha value is -3.06. The van der Waals surface area contributed by atoms with Crippen LogP contribution in [0.5, 0.6) is 0 Å². The molecule has 390 valence electrons. The maximum Gasteiger partial charge on any atom is 0.481 e. The summed E-state index contributed by atoms with van der Waals surface area (Å²) in [6, 6.07) is 1.24. The number of anilines is 1. The number of hydrogen-bond donors (Lipinski definition) is 6. The fraction of sp³-hybridized carbons (Fsp3) is 0.745. The van der Waals surface area contributed by atoms with Crippen LogP contribution in [0, 0.1) is 5.92 Å². The van der Waals surface area contributed by atoms with Crippen molar-refractivity contribution in [1.82, 2.24) is 9.55 Å². The zero-order chi connectivity index (χ0) is 50.2. The van der Waals surface area contributed by atoms with Crippen LogP contribution in [0.3, 0.4) is 0 Å². The van der Waals surface area contributed by atoms with E-state index in [1.807, 2.05) is 18.2 Å². The van der Waals surface area contributed by atoms with Gasteiger partial charge in [-0.3, -0.25) is 23.2 Å². The number of allylic oxidation sites excluding steroid dienone is 5. The van der Waals surface area contributed by atoms with Gasteiger partial charge in [-0.25, -0.2) is 13.9 Å². The lowest BCUT2D eigenvalue weighted by atomic mass is 10.0. The van der Waals surface area contributed by atoms with Gasteiger partial charge >= 0.3 is 33.3 Å². The molecule has 1 aliphatic rings. The average molecular weight is 1010 g/mol. The first-order valence-corrected chi connectivity index (χ1v) is 27.5. The topological polar surface area (TPSA) is 286 Å². The molecule has 0 amide bonds. The summed E-state index contributed by atoms with van der Waals surface area (Å²) in [5.74, 6) is -0.622. The van der Waals surface area contributed by atoms with Gasteiger partial charge in [-0.15, -0.1) is 0 Å². The number of nitrogens with two attached hydrogens (primary N) is 1. The van der Waals surface area contributed by atoms with Crippen LogP contribution in [-0.4, -0.2) is 96.9 Å². The minimum atomic E-state index is -5.44. The molecule has 1 fully saturated rings. The van der Waals surface area contributed by atoms with E-state index in [-0.39, 0.29) is 18.7 Å². The molecule has 2 heterocycles. The Morgan fingerprint density at radius 3 is 1.97 bits per heavy atom. The van der Waals surface area contributed by atoms with Crippen LogP contribution >= 0.6 is 15.6 Å². The highest BCUT2D eigenvalue weighted by Crippen LogP contribution is 2.60. The van der Waals surface area contributed by atoms with Crippen molar-refractivity contribution in [1.29, 1.82) is 0 Å². The van der Waals surface area contributed by atoms with Crippen LogP contribution < -0.4 is 11.4 Å². The Morgan fingerprint density at radius 2 is 1.37 bits per heavy atom. The van der Waals surface area contributed by atoms with Crippen molar-refractivity contribution < 1.29 is 71.4 Å². The van der Waals surface area contributed by atoms with E-state index in [9.17, 15) is 48.6 Å². The van der Waals surface area contributed by atoms with Crippen LogP contribution in [0.1, 0.15) is 168 Å². The molecule has 1 aliphatic heterocycles. The predicted octanol–water partition coefficient (Wildman–Crippen LogP) is 8.44. The van der Waals surface area contributed by atoms with Crippen LogP contribution in [0.25, 0.3) is 0 Å². The van der Waals surface area contributed by atoms with Crippen molar-refractivity contribution in [3.63, 3.8) is 0 Å². The second-order valence-corrected chi connectivity index (χ2v) is 20.7. The molecule has 1 saturated heterocycles. The maximum atomic E-state index is 12.8. The molecule has 2 rings (SSSR count). The normalized spacial score (nSPS) is 20.3. The number of carbonyl (C=O) groups is 2. The first-order chi connectivity index (χ1) is 32.4. The highest BCUT2D eigenvalue weighted by atomic mass is 31.3. The van der Waals surface area contributed by atoms with Gasteiger partial charge in [-0.2, -0.15) is 9.29 Å². The summed E-state index contributed by atoms with van der Waals surface area (Å²) in [5, 5.41) is 31.1. The van der Waals surface area contributed by atoms with Gasteiger partial charge in [0, 0.05) is 19.0 Å². The molecule has 68 heavy (non-hydrogen) atoms. The quantitative estimate of drug-likeness (QED) is 0.0119. The van der Waals surface area contributed by atoms with Gasteiger partial charge in [0.2, 0.25) is 0 Å². The number of carbonyl (C=O) groups excluding carboxylic acids is 2. The summed E-state index contributed by atoms with van der Waals surface area (Å²) in [5.41, 5.74) is 4.57. The lowest BCUT2D eigenvalue weighted by Crippen LogP contribution is -2.36. The van der Waals surface area contributed by atoms with E-state index in [2.05, 4.69) is 42.2 Å². The number of aromatic nitrogens is 2. The van der Waals surface area contributed by atoms with Crippen LogP contribution in [0.4, 0.5) is 5.82 Å². The van der Waals surface area contributed by atoms with Crippen molar-refractivity contribution in [3.8, 4) is 0 Å². The fourth-order valence-corrected chi connectivity index (χ4v) is 9.32. The van der Waals surface area contributed by atoms with Gasteiger partial charge in [0.15, 0.2) is 12.3 Å². The van der Waals surface area contributed by atoms with E-state index in [0.717, 1.165) is 80.9 Å². The minimum Gasteiger partial charge on any atom is -0.462 e. The third-order valence-electron chi connectivity index (χ3n) is 11.0. The molecule has 3 unspecified atom stereocenters. The first-order valence-electron chi connectivity index (χ1n) is 24.5. The molecule has 0 aromatic carbocycles. The number of ether oxygens (including phenoxy) is 3. The van der Waals surface area contributed by atoms with E-state index in [1.165, 1.54) is 51.0 Å². The Bertz CT molecular complexity index is 1810. The molecule has 0 radical (unpaired) electrons. The highest BCUT2D eigenvalue weighted by molar-refractivity contribution is 7.61. The van der Waals surface area contributed by atoms with Crippen molar-refractivity contribution in [2.24, 2.45) is 5.92 Å². The Morgan fingerprint density at radius 1 is 0.794 bits per heavy atom. The van der Waals surface area contributed by atoms with Crippen LogP contribution in [0.15, 0.2) is 53.5 Å². The van der Waals surface area contributed by atoms with Gasteiger partial charge < -0.3 is 45.1 Å². The summed E-state index contributed by atoms with van der Waals surface area (Å²) in [6.07, 6.45) is 24.0. The number of rotatable bonds is 39. The lowest BCUT2D eigenvalue weighted by molar-refractivity contribution is -0.161. The zero-order valence-corrected chi connectivity index (χ0v) is 42.2. The highest BCUT2D eigenvalue weighted by Gasteiger charge is 2.46. The first kappa shape index (κ1) is 61.1. The zero-order valence-electron chi connectivity index (χ0n) is 40.4. The summed E-state index contributed by atoms with van der Waals surface area (Å²) in [7, 11) is -10.9.